The Labute approximate surface area is 109 Å². The minimum Gasteiger partial charge on any atom is -0.489 e. The average molecular weight is 250 g/mol. The Bertz CT molecular complexity index is 363. The zero-order valence-electron chi connectivity index (χ0n) is 11.2. The third-order valence-electron chi connectivity index (χ3n) is 3.02. The van der Waals surface area contributed by atoms with Gasteiger partial charge < -0.3 is 14.8 Å². The second-order valence-corrected chi connectivity index (χ2v) is 4.97. The van der Waals surface area contributed by atoms with E-state index in [9.17, 15) is 0 Å². The Kier molecular flexibility index (Phi) is 4.96. The molecule has 4 nitrogen and oxygen atoms in total. The lowest BCUT2D eigenvalue weighted by molar-refractivity contribution is 0.0674. The number of hydrogen-bond acceptors (Lipinski definition) is 4. The minimum atomic E-state index is 0.246. The molecule has 0 amide bonds. The molecule has 0 spiro atoms. The Hall–Kier alpha value is -1.13. The van der Waals surface area contributed by atoms with E-state index in [1.54, 1.807) is 12.4 Å². The molecule has 1 N–H and O–H groups in total. The molecule has 0 aromatic carbocycles. The van der Waals surface area contributed by atoms with E-state index >= 15 is 0 Å². The maximum Gasteiger partial charge on any atom is 0.142 e. The fourth-order valence-electron chi connectivity index (χ4n) is 1.96. The van der Waals surface area contributed by atoms with Crippen molar-refractivity contribution in [2.45, 2.75) is 45.4 Å². The first kappa shape index (κ1) is 13.3. The number of nitrogens with one attached hydrogen (secondary N) is 1. The fraction of sp³-hybridized carbons (Fsp3) is 0.643. The van der Waals surface area contributed by atoms with Gasteiger partial charge >= 0.3 is 0 Å². The molecular formula is C14H22N2O2. The molecule has 1 saturated heterocycles. The van der Waals surface area contributed by atoms with Crippen LogP contribution in [0.2, 0.25) is 0 Å². The summed E-state index contributed by atoms with van der Waals surface area (Å²) in [6.45, 7) is 6.56. The van der Waals surface area contributed by atoms with Gasteiger partial charge in [0.15, 0.2) is 0 Å². The van der Waals surface area contributed by atoms with Gasteiger partial charge in [-0.1, -0.05) is 13.8 Å². The third-order valence-corrected chi connectivity index (χ3v) is 3.02. The van der Waals surface area contributed by atoms with Crippen LogP contribution in [0.25, 0.3) is 0 Å². The Morgan fingerprint density at radius 3 is 3.17 bits per heavy atom. The summed E-state index contributed by atoms with van der Waals surface area (Å²) in [6.07, 6.45) is 6.07. The number of nitrogens with zero attached hydrogens (tertiary/aromatic N) is 1. The maximum absolute atomic E-state index is 5.83. The number of rotatable bonds is 6. The van der Waals surface area contributed by atoms with Crippen molar-refractivity contribution in [2.24, 2.45) is 0 Å². The summed E-state index contributed by atoms with van der Waals surface area (Å²) >= 11 is 0. The fourth-order valence-corrected chi connectivity index (χ4v) is 1.96. The molecule has 1 atom stereocenters. The van der Waals surface area contributed by atoms with Crippen LogP contribution in [0.1, 0.15) is 32.3 Å². The molecule has 2 rings (SSSR count). The predicted octanol–water partition coefficient (Wildman–Crippen LogP) is 2.14. The van der Waals surface area contributed by atoms with E-state index < -0.39 is 0 Å². The van der Waals surface area contributed by atoms with Gasteiger partial charge in [0.2, 0.25) is 0 Å². The monoisotopic (exact) mass is 250 g/mol. The summed E-state index contributed by atoms with van der Waals surface area (Å²) in [5.41, 5.74) is 1.15. The molecule has 1 aliphatic heterocycles. The molecular weight excluding hydrogens is 228 g/mol. The number of pyridine rings is 1. The first-order chi connectivity index (χ1) is 8.75. The van der Waals surface area contributed by atoms with Crippen molar-refractivity contribution >= 4 is 0 Å². The molecule has 0 saturated carbocycles. The Balaban J connectivity index is 1.89. The van der Waals surface area contributed by atoms with Crippen molar-refractivity contribution in [3.63, 3.8) is 0 Å². The van der Waals surface area contributed by atoms with E-state index in [1.165, 1.54) is 0 Å². The van der Waals surface area contributed by atoms with Crippen LogP contribution in [0.3, 0.4) is 0 Å². The van der Waals surface area contributed by atoms with Crippen molar-refractivity contribution < 1.29 is 9.47 Å². The third kappa shape index (κ3) is 3.96. The van der Waals surface area contributed by atoms with E-state index in [-0.39, 0.29) is 6.10 Å². The molecule has 1 fully saturated rings. The van der Waals surface area contributed by atoms with Gasteiger partial charge in [0.05, 0.1) is 12.3 Å². The van der Waals surface area contributed by atoms with E-state index in [2.05, 4.69) is 24.1 Å². The molecule has 1 unspecified atom stereocenters. The van der Waals surface area contributed by atoms with E-state index in [1.807, 2.05) is 6.07 Å². The lowest BCUT2D eigenvalue weighted by Gasteiger charge is -2.15. The van der Waals surface area contributed by atoms with Crippen LogP contribution < -0.4 is 10.1 Å². The van der Waals surface area contributed by atoms with E-state index in [0.29, 0.717) is 12.6 Å². The van der Waals surface area contributed by atoms with Crippen molar-refractivity contribution in [1.29, 1.82) is 0 Å². The average Bonchev–Trinajstić information content (AvgIpc) is 2.88. The van der Waals surface area contributed by atoms with Crippen molar-refractivity contribution in [1.82, 2.24) is 10.3 Å². The van der Waals surface area contributed by atoms with Gasteiger partial charge in [-0.25, -0.2) is 0 Å². The molecule has 1 aliphatic rings. The van der Waals surface area contributed by atoms with E-state index in [4.69, 9.17) is 9.47 Å². The summed E-state index contributed by atoms with van der Waals surface area (Å²) in [5, 5.41) is 3.39. The number of hydrogen-bond donors (Lipinski definition) is 1. The lowest BCUT2D eigenvalue weighted by atomic mass is 10.2. The number of ether oxygens (including phenoxy) is 2. The first-order valence-electron chi connectivity index (χ1n) is 6.66. The lowest BCUT2D eigenvalue weighted by Crippen LogP contribution is -2.23. The highest BCUT2D eigenvalue weighted by Gasteiger charge is 2.16. The van der Waals surface area contributed by atoms with Gasteiger partial charge in [-0.2, -0.15) is 0 Å². The van der Waals surface area contributed by atoms with Crippen LogP contribution in [0.5, 0.6) is 5.75 Å². The van der Waals surface area contributed by atoms with Gasteiger partial charge in [-0.3, -0.25) is 4.98 Å². The first-order valence-corrected chi connectivity index (χ1v) is 6.66. The zero-order chi connectivity index (χ0) is 12.8. The summed E-state index contributed by atoms with van der Waals surface area (Å²) in [7, 11) is 0. The summed E-state index contributed by atoms with van der Waals surface area (Å²) in [5.74, 6) is 0.862. The highest BCUT2D eigenvalue weighted by Crippen LogP contribution is 2.19. The van der Waals surface area contributed by atoms with Crippen LogP contribution in [-0.2, 0) is 11.3 Å². The van der Waals surface area contributed by atoms with Gasteiger partial charge in [0.1, 0.15) is 12.4 Å². The summed E-state index contributed by atoms with van der Waals surface area (Å²) in [6, 6.07) is 2.46. The topological polar surface area (TPSA) is 43.4 Å². The Morgan fingerprint density at radius 2 is 2.44 bits per heavy atom. The number of aromatic nitrogens is 1. The van der Waals surface area contributed by atoms with Crippen molar-refractivity contribution in [3.05, 3.63) is 24.0 Å². The minimum absolute atomic E-state index is 0.246. The zero-order valence-corrected chi connectivity index (χ0v) is 11.2. The quantitative estimate of drug-likeness (QED) is 0.840. The molecule has 0 radical (unpaired) electrons. The molecule has 4 heteroatoms. The molecule has 100 valence electrons. The van der Waals surface area contributed by atoms with Gasteiger partial charge in [0, 0.05) is 31.0 Å². The van der Waals surface area contributed by atoms with Crippen LogP contribution in [0.4, 0.5) is 0 Å². The second-order valence-electron chi connectivity index (χ2n) is 4.97. The smallest absolute Gasteiger partial charge is 0.142 e. The van der Waals surface area contributed by atoms with Crippen LogP contribution >= 0.6 is 0 Å². The largest absolute Gasteiger partial charge is 0.489 e. The van der Waals surface area contributed by atoms with Crippen molar-refractivity contribution in [2.75, 3.05) is 13.2 Å². The normalized spacial score (nSPS) is 19.4. The molecule has 1 aromatic heterocycles. The van der Waals surface area contributed by atoms with Gasteiger partial charge in [-0.05, 0) is 18.9 Å². The molecule has 18 heavy (non-hydrogen) atoms. The van der Waals surface area contributed by atoms with Gasteiger partial charge in [0.25, 0.3) is 0 Å². The summed E-state index contributed by atoms with van der Waals surface area (Å²) in [4.78, 5) is 4.12. The second kappa shape index (κ2) is 6.71. The maximum atomic E-state index is 5.83. The highest BCUT2D eigenvalue weighted by molar-refractivity contribution is 5.29. The Morgan fingerprint density at radius 1 is 1.56 bits per heavy atom. The van der Waals surface area contributed by atoms with Crippen molar-refractivity contribution in [3.8, 4) is 5.75 Å². The molecule has 2 heterocycles. The van der Waals surface area contributed by atoms with Crippen LogP contribution in [-0.4, -0.2) is 30.3 Å². The predicted molar refractivity (Wildman–Crippen MR) is 70.7 cm³/mol. The molecule has 0 bridgehead atoms. The molecule has 1 aromatic rings. The summed E-state index contributed by atoms with van der Waals surface area (Å²) < 4.78 is 11.4. The van der Waals surface area contributed by atoms with Crippen LogP contribution in [0, 0.1) is 0 Å². The molecule has 0 aliphatic carbocycles. The highest BCUT2D eigenvalue weighted by atomic mass is 16.5. The van der Waals surface area contributed by atoms with E-state index in [0.717, 1.165) is 37.3 Å². The van der Waals surface area contributed by atoms with Gasteiger partial charge in [-0.15, -0.1) is 0 Å². The van der Waals surface area contributed by atoms with Crippen LogP contribution in [0.15, 0.2) is 18.5 Å². The standard InChI is InChI=1S/C14H22N2O2/c1-11(2)16-8-12-5-6-15-9-14(12)18-10-13-4-3-7-17-13/h5-6,9,11,13,16H,3-4,7-8,10H2,1-2H3. The SMILES string of the molecule is CC(C)NCc1ccncc1OCC1CCCO1.